The Bertz CT molecular complexity index is 1210. The van der Waals surface area contributed by atoms with Crippen LogP contribution in [0.15, 0.2) is 53.2 Å². The summed E-state index contributed by atoms with van der Waals surface area (Å²) in [4.78, 5) is 42.9. The van der Waals surface area contributed by atoms with E-state index in [4.69, 9.17) is 9.47 Å². The van der Waals surface area contributed by atoms with E-state index in [1.54, 1.807) is 45.8 Å². The Labute approximate surface area is 235 Å². The highest BCUT2D eigenvalue weighted by molar-refractivity contribution is 7.10. The molecule has 208 valence electrons. The molecule has 4 rings (SSSR count). The molecule has 3 atom stereocenters. The number of nitrogens with zero attached hydrogens (tertiary/aromatic N) is 1. The predicted molar refractivity (Wildman–Crippen MR) is 150 cm³/mol. The first-order valence-electron chi connectivity index (χ1n) is 12.9. The second-order valence-electron chi connectivity index (χ2n) is 9.38. The van der Waals surface area contributed by atoms with E-state index < -0.39 is 30.0 Å². The third-order valence-corrected chi connectivity index (χ3v) is 8.27. The van der Waals surface area contributed by atoms with Gasteiger partial charge in [0.2, 0.25) is 12.7 Å². The number of aliphatic carboxylic acids is 1. The number of rotatable bonds is 13. The van der Waals surface area contributed by atoms with Crippen LogP contribution < -0.4 is 20.1 Å². The minimum Gasteiger partial charge on any atom is -0.481 e. The summed E-state index contributed by atoms with van der Waals surface area (Å²) in [5, 5.41) is 19.3. The number of fused-ring (bicyclic) bond motifs is 1. The number of carboxylic acids is 1. The molecule has 0 saturated carbocycles. The zero-order chi connectivity index (χ0) is 27.8. The maximum atomic E-state index is 13.8. The molecule has 0 fully saturated rings. The van der Waals surface area contributed by atoms with Gasteiger partial charge in [0.25, 0.3) is 0 Å². The van der Waals surface area contributed by atoms with Crippen LogP contribution in [0.4, 0.5) is 4.79 Å². The van der Waals surface area contributed by atoms with E-state index in [-0.39, 0.29) is 12.7 Å². The van der Waals surface area contributed by atoms with Gasteiger partial charge in [-0.3, -0.25) is 9.59 Å². The van der Waals surface area contributed by atoms with Crippen LogP contribution >= 0.6 is 22.7 Å². The summed E-state index contributed by atoms with van der Waals surface area (Å²) in [5.74, 6) is -1.12. The minimum atomic E-state index is -1.06. The third-order valence-electron chi connectivity index (χ3n) is 6.55. The van der Waals surface area contributed by atoms with Crippen LogP contribution in [0.5, 0.6) is 11.5 Å². The number of hydrogen-bond acceptors (Lipinski definition) is 7. The van der Waals surface area contributed by atoms with Crippen molar-refractivity contribution in [3.05, 3.63) is 68.5 Å². The molecule has 0 radical (unpaired) electrons. The van der Waals surface area contributed by atoms with Gasteiger partial charge >= 0.3 is 12.0 Å². The molecule has 0 saturated heterocycles. The highest BCUT2D eigenvalue weighted by atomic mass is 32.1. The van der Waals surface area contributed by atoms with E-state index in [9.17, 15) is 19.5 Å². The summed E-state index contributed by atoms with van der Waals surface area (Å²) >= 11 is 3.16. The number of amides is 3. The standard InChI is InChI=1S/C28H33N3O6S2/c1-3-4-9-22(26(32)31(15-20-7-5-12-38-20)16-21-8-6-13-39-21)29-28(35)30-25(18(2)27(33)34)19-10-11-23-24(14-19)37-17-36-23/h5-8,10-14,18,22,25H,3-4,9,15-17H2,1-2H3,(H,33,34)(H2,29,30,35)/t18?,22-,25-/m1/s1. The maximum absolute atomic E-state index is 13.8. The lowest BCUT2D eigenvalue weighted by Crippen LogP contribution is -2.52. The van der Waals surface area contributed by atoms with Crippen molar-refractivity contribution in [1.29, 1.82) is 0 Å². The van der Waals surface area contributed by atoms with Gasteiger partial charge in [0.05, 0.1) is 25.0 Å². The molecule has 39 heavy (non-hydrogen) atoms. The second kappa shape index (κ2) is 13.5. The highest BCUT2D eigenvalue weighted by Crippen LogP contribution is 2.36. The van der Waals surface area contributed by atoms with Gasteiger partial charge in [-0.25, -0.2) is 4.79 Å². The predicted octanol–water partition coefficient (Wildman–Crippen LogP) is 5.39. The number of thiophene rings is 2. The molecule has 0 spiro atoms. The van der Waals surface area contributed by atoms with Crippen molar-refractivity contribution in [3.63, 3.8) is 0 Å². The summed E-state index contributed by atoms with van der Waals surface area (Å²) in [7, 11) is 0. The van der Waals surface area contributed by atoms with Crippen molar-refractivity contribution in [3.8, 4) is 11.5 Å². The van der Waals surface area contributed by atoms with Gasteiger partial charge in [-0.1, -0.05) is 38.0 Å². The lowest BCUT2D eigenvalue weighted by atomic mass is 9.94. The first kappa shape index (κ1) is 28.4. The van der Waals surface area contributed by atoms with Crippen LogP contribution in [0.2, 0.25) is 0 Å². The minimum absolute atomic E-state index is 0.0838. The Hall–Kier alpha value is -3.57. The fourth-order valence-corrected chi connectivity index (χ4v) is 5.81. The van der Waals surface area contributed by atoms with Gasteiger partial charge in [0, 0.05) is 9.75 Å². The van der Waals surface area contributed by atoms with Crippen molar-refractivity contribution in [2.75, 3.05) is 6.79 Å². The Kier molecular flexibility index (Phi) is 9.83. The number of benzene rings is 1. The Morgan fingerprint density at radius 2 is 1.67 bits per heavy atom. The van der Waals surface area contributed by atoms with Gasteiger partial charge < -0.3 is 30.1 Å². The fraction of sp³-hybridized carbons (Fsp3) is 0.393. The van der Waals surface area contributed by atoms with Crippen LogP contribution in [0.25, 0.3) is 0 Å². The van der Waals surface area contributed by atoms with E-state index in [1.165, 1.54) is 6.92 Å². The summed E-state index contributed by atoms with van der Waals surface area (Å²) in [5.41, 5.74) is 0.567. The molecule has 1 aromatic carbocycles. The van der Waals surface area contributed by atoms with Gasteiger partial charge in [0.15, 0.2) is 11.5 Å². The molecule has 0 aliphatic carbocycles. The van der Waals surface area contributed by atoms with E-state index in [0.29, 0.717) is 36.6 Å². The molecular formula is C28H33N3O6S2. The number of unbranched alkanes of at least 4 members (excludes halogenated alkanes) is 1. The van der Waals surface area contributed by atoms with E-state index in [0.717, 1.165) is 22.6 Å². The molecule has 3 amide bonds. The fourth-order valence-electron chi connectivity index (χ4n) is 4.37. The summed E-state index contributed by atoms with van der Waals surface area (Å²) < 4.78 is 10.8. The zero-order valence-electron chi connectivity index (χ0n) is 21.9. The smallest absolute Gasteiger partial charge is 0.315 e. The quantitative estimate of drug-likeness (QED) is 0.253. The second-order valence-corrected chi connectivity index (χ2v) is 11.4. The van der Waals surface area contributed by atoms with E-state index in [2.05, 4.69) is 10.6 Å². The average Bonchev–Trinajstić information content (AvgIpc) is 3.71. The summed E-state index contributed by atoms with van der Waals surface area (Å²) in [6.07, 6.45) is 2.08. The highest BCUT2D eigenvalue weighted by Gasteiger charge is 2.31. The van der Waals surface area contributed by atoms with Crippen LogP contribution in [-0.2, 0) is 22.7 Å². The molecule has 3 heterocycles. The molecule has 11 heteroatoms. The number of carbonyl (C=O) groups is 3. The molecule has 3 N–H and O–H groups in total. The van der Waals surface area contributed by atoms with E-state index >= 15 is 0 Å². The molecular weight excluding hydrogens is 538 g/mol. The summed E-state index contributed by atoms with van der Waals surface area (Å²) in [6, 6.07) is 10.7. The van der Waals surface area contributed by atoms with Crippen LogP contribution in [0.3, 0.4) is 0 Å². The first-order chi connectivity index (χ1) is 18.9. The monoisotopic (exact) mass is 571 g/mol. The van der Waals surface area contributed by atoms with Gasteiger partial charge in [0.1, 0.15) is 6.04 Å². The van der Waals surface area contributed by atoms with Crippen molar-refractivity contribution in [1.82, 2.24) is 15.5 Å². The number of hydrogen-bond donors (Lipinski definition) is 3. The number of urea groups is 1. The normalized spacial score (nSPS) is 14.3. The van der Waals surface area contributed by atoms with E-state index in [1.807, 2.05) is 41.9 Å². The molecule has 0 bridgehead atoms. The van der Waals surface area contributed by atoms with Gasteiger partial charge in [-0.05, 0) is 53.9 Å². The molecule has 2 aromatic heterocycles. The lowest BCUT2D eigenvalue weighted by Gasteiger charge is -2.29. The lowest BCUT2D eigenvalue weighted by molar-refractivity contribution is -0.142. The Morgan fingerprint density at radius 1 is 1.00 bits per heavy atom. The van der Waals surface area contributed by atoms with Crippen LogP contribution in [0.1, 0.15) is 54.5 Å². The number of ether oxygens (including phenoxy) is 2. The molecule has 1 aliphatic rings. The number of carboxylic acid groups (broad SMARTS) is 1. The molecule has 1 aliphatic heterocycles. The van der Waals surface area contributed by atoms with Gasteiger partial charge in [-0.15, -0.1) is 22.7 Å². The van der Waals surface area contributed by atoms with Gasteiger partial charge in [-0.2, -0.15) is 0 Å². The van der Waals surface area contributed by atoms with Crippen LogP contribution in [-0.4, -0.2) is 40.7 Å². The topological polar surface area (TPSA) is 117 Å². The van der Waals surface area contributed by atoms with Crippen molar-refractivity contribution in [2.45, 2.75) is 58.3 Å². The maximum Gasteiger partial charge on any atom is 0.315 e. The SMILES string of the molecule is CCCC[C@@H](NC(=O)N[C@@H](c1ccc2c(c1)OCO2)C(C)C(=O)O)C(=O)N(Cc1cccs1)Cc1cccs1. The Morgan fingerprint density at radius 3 is 2.26 bits per heavy atom. The third kappa shape index (κ3) is 7.51. The van der Waals surface area contributed by atoms with Crippen molar-refractivity contribution in [2.24, 2.45) is 5.92 Å². The average molecular weight is 572 g/mol. The first-order valence-corrected chi connectivity index (χ1v) is 14.6. The summed E-state index contributed by atoms with van der Waals surface area (Å²) in [6.45, 7) is 4.52. The number of nitrogens with one attached hydrogen (secondary N) is 2. The van der Waals surface area contributed by atoms with Crippen molar-refractivity contribution < 1.29 is 29.0 Å². The molecule has 1 unspecified atom stereocenters. The zero-order valence-corrected chi connectivity index (χ0v) is 23.6. The van der Waals surface area contributed by atoms with Crippen molar-refractivity contribution >= 4 is 40.6 Å². The largest absolute Gasteiger partial charge is 0.481 e. The molecule has 9 nitrogen and oxygen atoms in total. The Balaban J connectivity index is 1.52. The van der Waals surface area contributed by atoms with Crippen LogP contribution in [0, 0.1) is 5.92 Å². The molecule has 3 aromatic rings. The number of carbonyl (C=O) groups excluding carboxylic acids is 2.